The van der Waals surface area contributed by atoms with Gasteiger partial charge in [-0.25, -0.2) is 0 Å². The maximum absolute atomic E-state index is 13.6. The number of nitrogens with one attached hydrogen (secondary N) is 1. The molecule has 7 heteroatoms. The minimum absolute atomic E-state index is 0.00132. The summed E-state index contributed by atoms with van der Waals surface area (Å²) >= 11 is 0. The molecule has 1 N–H and O–H groups in total. The average Bonchev–Trinajstić information content (AvgIpc) is 3.43. The van der Waals surface area contributed by atoms with Crippen molar-refractivity contribution in [2.45, 2.75) is 32.7 Å². The van der Waals surface area contributed by atoms with Crippen molar-refractivity contribution in [3.63, 3.8) is 0 Å². The van der Waals surface area contributed by atoms with Crippen molar-refractivity contribution in [2.24, 2.45) is 0 Å². The molecule has 3 heterocycles. The van der Waals surface area contributed by atoms with Gasteiger partial charge in [0.05, 0.1) is 31.6 Å². The number of morpholine rings is 1. The van der Waals surface area contributed by atoms with Crippen LogP contribution in [0.4, 0.5) is 0 Å². The number of nitrogens with zero attached hydrogens (tertiary/aromatic N) is 3. The van der Waals surface area contributed by atoms with Gasteiger partial charge in [0, 0.05) is 37.3 Å². The van der Waals surface area contributed by atoms with Gasteiger partial charge in [-0.05, 0) is 31.0 Å². The number of fused-ring (bicyclic) bond motifs is 1. The Bertz CT molecular complexity index is 1150. The maximum Gasteiger partial charge on any atom is 0.273 e. The lowest BCUT2D eigenvalue weighted by molar-refractivity contribution is 0.0316. The van der Waals surface area contributed by atoms with Gasteiger partial charge in [0.1, 0.15) is 11.4 Å². The van der Waals surface area contributed by atoms with E-state index in [1.54, 1.807) is 0 Å². The predicted octanol–water partition coefficient (Wildman–Crippen LogP) is 4.44. The summed E-state index contributed by atoms with van der Waals surface area (Å²) in [5.41, 5.74) is 5.62. The third kappa shape index (κ3) is 4.97. The Morgan fingerprint density at radius 1 is 1.11 bits per heavy atom. The van der Waals surface area contributed by atoms with Crippen molar-refractivity contribution in [1.29, 1.82) is 0 Å². The summed E-state index contributed by atoms with van der Waals surface area (Å²) in [5.74, 6) is 0.840. The Balaban J connectivity index is 1.50. The minimum Gasteiger partial charge on any atom is -0.494 e. The van der Waals surface area contributed by atoms with Gasteiger partial charge < -0.3 is 14.4 Å². The summed E-state index contributed by atoms with van der Waals surface area (Å²) < 4.78 is 11.5. The highest BCUT2D eigenvalue weighted by Gasteiger charge is 2.42. The number of hydrogen-bond donors (Lipinski definition) is 1. The second-order valence-corrected chi connectivity index (χ2v) is 9.36. The van der Waals surface area contributed by atoms with Crippen LogP contribution in [0.1, 0.15) is 53.0 Å². The Morgan fingerprint density at radius 2 is 1.91 bits per heavy atom. The van der Waals surface area contributed by atoms with Gasteiger partial charge >= 0.3 is 0 Å². The molecule has 35 heavy (non-hydrogen) atoms. The van der Waals surface area contributed by atoms with Gasteiger partial charge in [0.15, 0.2) is 0 Å². The summed E-state index contributed by atoms with van der Waals surface area (Å²) in [7, 11) is 0. The molecule has 0 saturated carbocycles. The summed E-state index contributed by atoms with van der Waals surface area (Å²) in [4.78, 5) is 18.0. The molecule has 1 aromatic heterocycles. The molecule has 0 aliphatic carbocycles. The Kier molecular flexibility index (Phi) is 7.16. The lowest BCUT2D eigenvalue weighted by Gasteiger charge is -2.31. The Hall–Kier alpha value is -3.16. The van der Waals surface area contributed by atoms with Crippen LogP contribution in [0.5, 0.6) is 5.75 Å². The molecule has 1 atom stereocenters. The molecular weight excluding hydrogens is 440 g/mol. The normalized spacial score (nSPS) is 18.2. The Labute approximate surface area is 207 Å². The summed E-state index contributed by atoms with van der Waals surface area (Å²) in [5, 5.41) is 7.67. The van der Waals surface area contributed by atoms with Crippen LogP contribution in [-0.2, 0) is 4.74 Å². The number of unbranched alkanes of at least 4 members (excludes halogenated alkanes) is 1. The van der Waals surface area contributed by atoms with Crippen LogP contribution in [0.2, 0.25) is 0 Å². The van der Waals surface area contributed by atoms with E-state index in [0.29, 0.717) is 18.8 Å². The van der Waals surface area contributed by atoms with E-state index in [1.807, 2.05) is 17.0 Å². The number of ether oxygens (including phenoxy) is 2. The highest BCUT2D eigenvalue weighted by atomic mass is 16.5. The highest BCUT2D eigenvalue weighted by Crippen LogP contribution is 2.43. The number of aryl methyl sites for hydroxylation is 1. The van der Waals surface area contributed by atoms with Crippen molar-refractivity contribution in [3.05, 3.63) is 70.9 Å². The van der Waals surface area contributed by atoms with E-state index in [1.165, 1.54) is 5.56 Å². The third-order valence-electron chi connectivity index (χ3n) is 6.89. The number of aromatic amines is 1. The molecule has 1 saturated heterocycles. The number of carbonyl (C=O) groups excluding carboxylic acids is 1. The van der Waals surface area contributed by atoms with Crippen LogP contribution < -0.4 is 4.74 Å². The van der Waals surface area contributed by atoms with E-state index >= 15 is 0 Å². The lowest BCUT2D eigenvalue weighted by atomic mass is 9.95. The molecular formula is C28H34N4O3. The van der Waals surface area contributed by atoms with E-state index in [-0.39, 0.29) is 11.9 Å². The molecule has 5 rings (SSSR count). The SMILES string of the molecule is CCCCOc1cccc(C2c3c(-c4ccc(C)cc4)n[nH]c3C(=O)N2CCN2CCOCC2)c1. The fraction of sp³-hybridized carbons (Fsp3) is 0.429. The number of carbonyl (C=O) groups is 1. The van der Waals surface area contributed by atoms with Crippen molar-refractivity contribution in [2.75, 3.05) is 46.0 Å². The second-order valence-electron chi connectivity index (χ2n) is 9.36. The number of rotatable bonds is 9. The molecule has 0 bridgehead atoms. The maximum atomic E-state index is 13.6. The summed E-state index contributed by atoms with van der Waals surface area (Å²) in [6.45, 7) is 9.66. The van der Waals surface area contributed by atoms with Crippen LogP contribution in [0, 0.1) is 6.92 Å². The zero-order chi connectivity index (χ0) is 24.2. The predicted molar refractivity (Wildman–Crippen MR) is 136 cm³/mol. The fourth-order valence-corrected chi connectivity index (χ4v) is 4.89. The Morgan fingerprint density at radius 3 is 2.69 bits per heavy atom. The first-order valence-corrected chi connectivity index (χ1v) is 12.6. The number of H-pyrrole nitrogens is 1. The first-order valence-electron chi connectivity index (χ1n) is 12.6. The highest BCUT2D eigenvalue weighted by molar-refractivity contribution is 6.00. The van der Waals surface area contributed by atoms with E-state index in [4.69, 9.17) is 9.47 Å². The van der Waals surface area contributed by atoms with Crippen LogP contribution in [0.25, 0.3) is 11.3 Å². The largest absolute Gasteiger partial charge is 0.494 e. The standard InChI is InChI=1S/C28H34N4O3/c1-3-4-16-35-23-7-5-6-22(19-23)27-24-25(21-10-8-20(2)9-11-21)29-30-26(24)28(33)32(27)13-12-31-14-17-34-18-15-31/h5-11,19,27H,3-4,12-18H2,1-2H3,(H,29,30). The first-order chi connectivity index (χ1) is 17.2. The van der Waals surface area contributed by atoms with Crippen molar-refractivity contribution >= 4 is 5.91 Å². The van der Waals surface area contributed by atoms with Crippen LogP contribution in [0.3, 0.4) is 0 Å². The number of amides is 1. The number of benzene rings is 2. The van der Waals surface area contributed by atoms with Crippen LogP contribution in [0.15, 0.2) is 48.5 Å². The van der Waals surface area contributed by atoms with Crippen LogP contribution >= 0.6 is 0 Å². The smallest absolute Gasteiger partial charge is 0.273 e. The summed E-state index contributed by atoms with van der Waals surface area (Å²) in [6, 6.07) is 16.3. The van der Waals surface area contributed by atoms with E-state index in [0.717, 1.165) is 73.8 Å². The van der Waals surface area contributed by atoms with Gasteiger partial charge in [0.2, 0.25) is 0 Å². The second kappa shape index (κ2) is 10.6. The van der Waals surface area contributed by atoms with Gasteiger partial charge in [-0.15, -0.1) is 0 Å². The van der Waals surface area contributed by atoms with E-state index in [9.17, 15) is 4.79 Å². The number of hydrogen-bond acceptors (Lipinski definition) is 5. The lowest BCUT2D eigenvalue weighted by Crippen LogP contribution is -2.42. The van der Waals surface area contributed by atoms with Crippen LogP contribution in [-0.4, -0.2) is 71.9 Å². The minimum atomic E-state index is -0.219. The molecule has 3 aromatic rings. The van der Waals surface area contributed by atoms with Gasteiger partial charge in [-0.1, -0.05) is 55.3 Å². The molecule has 0 radical (unpaired) electrons. The molecule has 0 spiro atoms. The fourth-order valence-electron chi connectivity index (χ4n) is 4.89. The average molecular weight is 475 g/mol. The van der Waals surface area contributed by atoms with Crippen molar-refractivity contribution in [1.82, 2.24) is 20.0 Å². The molecule has 2 aliphatic rings. The van der Waals surface area contributed by atoms with Crippen molar-refractivity contribution in [3.8, 4) is 17.0 Å². The zero-order valence-corrected chi connectivity index (χ0v) is 20.6. The molecule has 1 amide bonds. The first kappa shape index (κ1) is 23.6. The van der Waals surface area contributed by atoms with Gasteiger partial charge in [0.25, 0.3) is 5.91 Å². The molecule has 7 nitrogen and oxygen atoms in total. The molecule has 2 aliphatic heterocycles. The van der Waals surface area contributed by atoms with Gasteiger partial charge in [-0.2, -0.15) is 5.10 Å². The van der Waals surface area contributed by atoms with Crippen molar-refractivity contribution < 1.29 is 14.3 Å². The summed E-state index contributed by atoms with van der Waals surface area (Å²) in [6.07, 6.45) is 2.10. The quantitative estimate of drug-likeness (QED) is 0.464. The number of aromatic nitrogens is 2. The van der Waals surface area contributed by atoms with Gasteiger partial charge in [-0.3, -0.25) is 14.8 Å². The molecule has 1 fully saturated rings. The zero-order valence-electron chi connectivity index (χ0n) is 20.6. The molecule has 2 aromatic carbocycles. The molecule has 1 unspecified atom stereocenters. The monoisotopic (exact) mass is 474 g/mol. The third-order valence-corrected chi connectivity index (χ3v) is 6.89. The van der Waals surface area contributed by atoms with E-state index < -0.39 is 0 Å². The molecule has 184 valence electrons. The topological polar surface area (TPSA) is 70.7 Å². The van der Waals surface area contributed by atoms with E-state index in [2.05, 4.69) is 65.3 Å².